The standard InChI is InChI=1S/C9H18N4/c1-7(2)13-6-5-11-9(8(13)3)12-10-4/h7-8H,4-6H2,1-3H3,(H,11,12). The van der Waals surface area contributed by atoms with Crippen molar-refractivity contribution in [3.05, 3.63) is 0 Å². The van der Waals surface area contributed by atoms with Gasteiger partial charge in [-0.05, 0) is 20.8 Å². The highest BCUT2D eigenvalue weighted by Crippen LogP contribution is 2.10. The van der Waals surface area contributed by atoms with Gasteiger partial charge in [-0.25, -0.2) is 0 Å². The summed E-state index contributed by atoms with van der Waals surface area (Å²) in [5, 5.41) is 3.65. The molecule has 1 unspecified atom stereocenters. The van der Waals surface area contributed by atoms with Gasteiger partial charge in [0.05, 0.1) is 12.6 Å². The lowest BCUT2D eigenvalue weighted by Crippen LogP contribution is -2.51. The number of nitrogens with zero attached hydrogens (tertiary/aromatic N) is 3. The van der Waals surface area contributed by atoms with E-state index < -0.39 is 0 Å². The fourth-order valence-corrected chi connectivity index (χ4v) is 1.68. The average molecular weight is 182 g/mol. The summed E-state index contributed by atoms with van der Waals surface area (Å²) in [6.45, 7) is 11.8. The molecule has 1 rings (SSSR count). The Morgan fingerprint density at radius 1 is 1.69 bits per heavy atom. The lowest BCUT2D eigenvalue weighted by Gasteiger charge is -2.35. The minimum absolute atomic E-state index is 0.319. The first-order valence-electron chi connectivity index (χ1n) is 4.68. The van der Waals surface area contributed by atoms with Gasteiger partial charge in [-0.3, -0.25) is 15.3 Å². The van der Waals surface area contributed by atoms with Crippen LogP contribution in [-0.4, -0.2) is 42.6 Å². The maximum Gasteiger partial charge on any atom is 0.134 e. The molecule has 0 spiro atoms. The van der Waals surface area contributed by atoms with Crippen LogP contribution in [0.25, 0.3) is 0 Å². The lowest BCUT2D eigenvalue weighted by atomic mass is 10.1. The van der Waals surface area contributed by atoms with Crippen LogP contribution in [0, 0.1) is 0 Å². The Morgan fingerprint density at radius 2 is 2.38 bits per heavy atom. The number of aliphatic imine (C=N–C) groups is 1. The van der Waals surface area contributed by atoms with Crippen molar-refractivity contribution in [1.29, 1.82) is 0 Å². The van der Waals surface area contributed by atoms with Crippen LogP contribution < -0.4 is 5.43 Å². The lowest BCUT2D eigenvalue weighted by molar-refractivity contribution is 0.197. The van der Waals surface area contributed by atoms with Crippen LogP contribution in [0.1, 0.15) is 20.8 Å². The summed E-state index contributed by atoms with van der Waals surface area (Å²) >= 11 is 0. The van der Waals surface area contributed by atoms with Gasteiger partial charge >= 0.3 is 0 Å². The summed E-state index contributed by atoms with van der Waals surface area (Å²) in [5.74, 6) is 0.926. The van der Waals surface area contributed by atoms with Crippen LogP contribution >= 0.6 is 0 Å². The van der Waals surface area contributed by atoms with Crippen LogP contribution in [0.3, 0.4) is 0 Å². The summed E-state index contributed by atoms with van der Waals surface area (Å²) in [5.41, 5.74) is 2.84. The highest BCUT2D eigenvalue weighted by atomic mass is 15.4. The molecule has 1 N–H and O–H groups in total. The fourth-order valence-electron chi connectivity index (χ4n) is 1.68. The molecular formula is C9H18N4. The zero-order valence-electron chi connectivity index (χ0n) is 8.62. The topological polar surface area (TPSA) is 40.0 Å². The molecule has 4 heteroatoms. The number of hydrogen-bond acceptors (Lipinski definition) is 4. The maximum atomic E-state index is 4.36. The zero-order valence-corrected chi connectivity index (χ0v) is 8.62. The fraction of sp³-hybridized carbons (Fsp3) is 0.778. The molecule has 0 bridgehead atoms. The van der Waals surface area contributed by atoms with Gasteiger partial charge in [-0.15, -0.1) is 0 Å². The van der Waals surface area contributed by atoms with Gasteiger partial charge in [0.25, 0.3) is 0 Å². The van der Waals surface area contributed by atoms with Crippen molar-refractivity contribution >= 4 is 12.6 Å². The molecule has 0 fully saturated rings. The number of rotatable bonds is 2. The summed E-state index contributed by atoms with van der Waals surface area (Å²) in [6.07, 6.45) is 0. The van der Waals surface area contributed by atoms with E-state index in [4.69, 9.17) is 0 Å². The first-order chi connectivity index (χ1) is 6.16. The predicted molar refractivity (Wildman–Crippen MR) is 56.3 cm³/mol. The molecule has 0 saturated heterocycles. The summed E-state index contributed by atoms with van der Waals surface area (Å²) in [7, 11) is 0. The Kier molecular flexibility index (Phi) is 3.42. The van der Waals surface area contributed by atoms with E-state index in [9.17, 15) is 0 Å². The molecule has 1 atom stereocenters. The van der Waals surface area contributed by atoms with Gasteiger partial charge in [0, 0.05) is 19.3 Å². The third-order valence-corrected chi connectivity index (χ3v) is 2.39. The summed E-state index contributed by atoms with van der Waals surface area (Å²) in [4.78, 5) is 6.75. The van der Waals surface area contributed by atoms with Crippen molar-refractivity contribution in [1.82, 2.24) is 10.3 Å². The van der Waals surface area contributed by atoms with Crippen molar-refractivity contribution < 1.29 is 0 Å². The van der Waals surface area contributed by atoms with Gasteiger partial charge in [-0.2, -0.15) is 5.10 Å². The smallest absolute Gasteiger partial charge is 0.134 e. The predicted octanol–water partition coefficient (Wildman–Crippen LogP) is 0.703. The normalized spacial score (nSPS) is 24.3. The molecule has 13 heavy (non-hydrogen) atoms. The molecule has 74 valence electrons. The Balaban J connectivity index is 2.67. The van der Waals surface area contributed by atoms with E-state index in [0.29, 0.717) is 12.1 Å². The minimum atomic E-state index is 0.319. The van der Waals surface area contributed by atoms with E-state index in [1.54, 1.807) is 0 Å². The molecule has 0 radical (unpaired) electrons. The van der Waals surface area contributed by atoms with Crippen molar-refractivity contribution in [3.8, 4) is 0 Å². The van der Waals surface area contributed by atoms with E-state index in [2.05, 4.69) is 47.9 Å². The second kappa shape index (κ2) is 4.37. The Hall–Kier alpha value is -0.900. The van der Waals surface area contributed by atoms with Crippen molar-refractivity contribution in [2.75, 3.05) is 13.1 Å². The first-order valence-corrected chi connectivity index (χ1v) is 4.68. The van der Waals surface area contributed by atoms with Crippen LogP contribution in [0.4, 0.5) is 0 Å². The first kappa shape index (κ1) is 10.2. The SMILES string of the molecule is C=NNC1=NCCN(C(C)C)C1C. The van der Waals surface area contributed by atoms with Crippen LogP contribution in [0.15, 0.2) is 10.1 Å². The molecule has 1 aliphatic rings. The molecule has 1 aliphatic heterocycles. The molecule has 0 saturated carbocycles. The number of hydrazone groups is 1. The average Bonchev–Trinajstić information content (AvgIpc) is 2.08. The van der Waals surface area contributed by atoms with Crippen LogP contribution in [0.5, 0.6) is 0 Å². The van der Waals surface area contributed by atoms with Crippen molar-refractivity contribution in [2.45, 2.75) is 32.9 Å². The van der Waals surface area contributed by atoms with Gasteiger partial charge in [0.2, 0.25) is 0 Å². The molecule has 4 nitrogen and oxygen atoms in total. The maximum absolute atomic E-state index is 4.36. The Labute approximate surface area is 79.7 Å². The molecule has 0 aromatic heterocycles. The monoisotopic (exact) mass is 182 g/mol. The van der Waals surface area contributed by atoms with E-state index in [1.807, 2.05) is 0 Å². The van der Waals surface area contributed by atoms with Gasteiger partial charge in [0.1, 0.15) is 5.84 Å². The molecule has 0 amide bonds. The number of hydrogen-bond donors (Lipinski definition) is 1. The largest absolute Gasteiger partial charge is 0.289 e. The Morgan fingerprint density at radius 3 is 2.92 bits per heavy atom. The molecule has 0 aromatic carbocycles. The molecular weight excluding hydrogens is 164 g/mol. The van der Waals surface area contributed by atoms with E-state index in [-0.39, 0.29) is 0 Å². The molecule has 1 heterocycles. The van der Waals surface area contributed by atoms with Gasteiger partial charge in [-0.1, -0.05) is 0 Å². The second-order valence-corrected chi connectivity index (χ2v) is 3.54. The van der Waals surface area contributed by atoms with E-state index in [1.165, 1.54) is 0 Å². The number of amidine groups is 1. The van der Waals surface area contributed by atoms with E-state index in [0.717, 1.165) is 18.9 Å². The van der Waals surface area contributed by atoms with E-state index >= 15 is 0 Å². The number of nitrogens with one attached hydrogen (secondary N) is 1. The highest BCUT2D eigenvalue weighted by Gasteiger charge is 2.24. The summed E-state index contributed by atoms with van der Waals surface area (Å²) < 4.78 is 0. The zero-order chi connectivity index (χ0) is 9.84. The minimum Gasteiger partial charge on any atom is -0.289 e. The van der Waals surface area contributed by atoms with Crippen LogP contribution in [-0.2, 0) is 0 Å². The van der Waals surface area contributed by atoms with Gasteiger partial charge < -0.3 is 0 Å². The quantitative estimate of drug-likeness (QED) is 0.504. The second-order valence-electron chi connectivity index (χ2n) is 3.54. The molecule has 0 aliphatic carbocycles. The molecule has 0 aromatic rings. The van der Waals surface area contributed by atoms with Crippen molar-refractivity contribution in [3.63, 3.8) is 0 Å². The third-order valence-electron chi connectivity index (χ3n) is 2.39. The highest BCUT2D eigenvalue weighted by molar-refractivity contribution is 5.87. The Bertz CT molecular complexity index is 210. The van der Waals surface area contributed by atoms with Crippen molar-refractivity contribution in [2.24, 2.45) is 10.1 Å². The third kappa shape index (κ3) is 2.28. The summed E-state index contributed by atoms with van der Waals surface area (Å²) in [6, 6.07) is 0.867. The van der Waals surface area contributed by atoms with Gasteiger partial charge in [0.15, 0.2) is 0 Å². The van der Waals surface area contributed by atoms with Crippen LogP contribution in [0.2, 0.25) is 0 Å².